The van der Waals surface area contributed by atoms with Crippen molar-refractivity contribution in [3.63, 3.8) is 0 Å². The molecule has 0 fully saturated rings. The van der Waals surface area contributed by atoms with Crippen LogP contribution in [0, 0.1) is 0 Å². The summed E-state index contributed by atoms with van der Waals surface area (Å²) in [6.45, 7) is 2.25. The third kappa shape index (κ3) is 1.45. The van der Waals surface area contributed by atoms with Crippen LogP contribution >= 0.6 is 0 Å². The third-order valence-corrected chi connectivity index (χ3v) is 1.83. The molecule has 0 spiro atoms. The zero-order chi connectivity index (χ0) is 5.33. The van der Waals surface area contributed by atoms with Gasteiger partial charge in [0, 0.05) is 0 Å². The van der Waals surface area contributed by atoms with Crippen LogP contribution in [-0.4, -0.2) is 27.9 Å². The Morgan fingerprint density at radius 1 is 1.29 bits per heavy atom. The Kier molecular flexibility index (Phi) is 1.42. The average Bonchev–Trinajstić information content (AvgIpc) is 1.84. The van der Waals surface area contributed by atoms with Gasteiger partial charge < -0.3 is 0 Å². The average molecular weight is 102 g/mol. The van der Waals surface area contributed by atoms with Gasteiger partial charge in [-0.2, -0.15) is 0 Å². The summed E-state index contributed by atoms with van der Waals surface area (Å²) in [5, 5.41) is 0. The second-order valence-electron chi connectivity index (χ2n) is 2.54. The molecule has 0 saturated carbocycles. The van der Waals surface area contributed by atoms with E-state index in [0.717, 1.165) is 0 Å². The first-order chi connectivity index (χ1) is 3.21. The standard InChI is InChI=1S/C6H7.Na/c1-6-4-2-3-5-6;/h2-5H,1H3;. The van der Waals surface area contributed by atoms with E-state index in [1.165, 1.54) is 27.9 Å². The van der Waals surface area contributed by atoms with E-state index in [-0.39, 0.29) is 0 Å². The normalized spacial score (nSPS) is 23.9. The molecule has 0 N–H and O–H groups in total. The van der Waals surface area contributed by atoms with Crippen LogP contribution in [0.3, 0.4) is 0 Å². The molecule has 0 nitrogen and oxygen atoms in total. The molecule has 0 aromatic heterocycles. The van der Waals surface area contributed by atoms with Gasteiger partial charge in [-0.1, -0.05) is 0 Å². The number of hydrogen-bond donors (Lipinski definition) is 0. The first-order valence-electron chi connectivity index (χ1n) is 2.58. The minimum atomic E-state index is 0.472. The van der Waals surface area contributed by atoms with E-state index in [0.29, 0.717) is 2.66 Å². The quantitative estimate of drug-likeness (QED) is 0.406. The molecule has 7 heavy (non-hydrogen) atoms. The van der Waals surface area contributed by atoms with Crippen LogP contribution < -0.4 is 0 Å². The van der Waals surface area contributed by atoms with Gasteiger partial charge in [0.05, 0.1) is 0 Å². The van der Waals surface area contributed by atoms with Gasteiger partial charge in [-0.25, -0.2) is 0 Å². The van der Waals surface area contributed by atoms with Crippen LogP contribution in [-0.2, 0) is 0 Å². The van der Waals surface area contributed by atoms with Crippen molar-refractivity contribution in [2.45, 2.75) is 9.59 Å². The van der Waals surface area contributed by atoms with Crippen LogP contribution in [0.1, 0.15) is 6.92 Å². The van der Waals surface area contributed by atoms with Gasteiger partial charge in [-0.05, 0) is 0 Å². The maximum absolute atomic E-state index is 2.25. The fraction of sp³-hybridized carbons (Fsp3) is 0.333. The zero-order valence-corrected chi connectivity index (χ0v) is 6.81. The summed E-state index contributed by atoms with van der Waals surface area (Å²) in [4.78, 5) is 0. The molecule has 32 valence electrons. The van der Waals surface area contributed by atoms with Gasteiger partial charge in [0.25, 0.3) is 0 Å². The zero-order valence-electron chi connectivity index (χ0n) is 4.81. The molecule has 1 aliphatic carbocycles. The topological polar surface area (TPSA) is 0 Å². The molecule has 0 aromatic carbocycles. The van der Waals surface area contributed by atoms with E-state index in [2.05, 4.69) is 31.2 Å². The van der Waals surface area contributed by atoms with Gasteiger partial charge in [0.2, 0.25) is 0 Å². The van der Waals surface area contributed by atoms with Crippen LogP contribution in [0.5, 0.6) is 0 Å². The number of rotatable bonds is 0. The molecule has 0 saturated heterocycles. The Morgan fingerprint density at radius 3 is 1.86 bits per heavy atom. The molecule has 0 aromatic rings. The van der Waals surface area contributed by atoms with Gasteiger partial charge in [0.1, 0.15) is 0 Å². The van der Waals surface area contributed by atoms with Crippen LogP contribution in [0.2, 0.25) is 2.66 Å². The van der Waals surface area contributed by atoms with Crippen molar-refractivity contribution in [1.29, 1.82) is 0 Å². The Labute approximate surface area is 61.7 Å². The summed E-state index contributed by atoms with van der Waals surface area (Å²) in [6, 6.07) is 0. The summed E-state index contributed by atoms with van der Waals surface area (Å²) in [5.41, 5.74) is 0. The second-order valence-corrected chi connectivity index (χ2v) is 4.69. The summed E-state index contributed by atoms with van der Waals surface area (Å²) in [7, 11) is 0. The predicted octanol–water partition coefficient (Wildman–Crippen LogP) is 1.46. The van der Waals surface area contributed by atoms with Gasteiger partial charge in [-0.3, -0.25) is 0 Å². The minimum absolute atomic E-state index is 0.472. The monoisotopic (exact) mass is 102 g/mol. The second kappa shape index (κ2) is 1.77. The van der Waals surface area contributed by atoms with E-state index in [4.69, 9.17) is 0 Å². The van der Waals surface area contributed by atoms with Crippen molar-refractivity contribution in [2.24, 2.45) is 0 Å². The van der Waals surface area contributed by atoms with E-state index in [9.17, 15) is 0 Å². The molecule has 0 heterocycles. The first kappa shape index (κ1) is 5.61. The molecular formula is C6H7Na. The first-order valence-corrected chi connectivity index (χ1v) is 3.58. The fourth-order valence-electron chi connectivity index (χ4n) is 0.663. The van der Waals surface area contributed by atoms with Crippen molar-refractivity contribution in [3.05, 3.63) is 24.3 Å². The van der Waals surface area contributed by atoms with Crippen LogP contribution in [0.25, 0.3) is 0 Å². The summed E-state index contributed by atoms with van der Waals surface area (Å²) >= 11 is 1.24. The molecule has 0 radical (unpaired) electrons. The summed E-state index contributed by atoms with van der Waals surface area (Å²) in [5.74, 6) is 0. The summed E-state index contributed by atoms with van der Waals surface area (Å²) in [6.07, 6.45) is 8.73. The van der Waals surface area contributed by atoms with Crippen molar-refractivity contribution in [1.82, 2.24) is 0 Å². The Balaban J connectivity index is 2.77. The van der Waals surface area contributed by atoms with E-state index < -0.39 is 0 Å². The molecule has 1 heteroatoms. The van der Waals surface area contributed by atoms with Gasteiger partial charge >= 0.3 is 61.8 Å². The molecule has 0 atom stereocenters. The van der Waals surface area contributed by atoms with Crippen LogP contribution in [0.15, 0.2) is 24.3 Å². The SMILES string of the molecule is C[C]1([Na])C=CC=C1. The van der Waals surface area contributed by atoms with Gasteiger partial charge in [-0.15, -0.1) is 0 Å². The Bertz CT molecular complexity index is 106. The van der Waals surface area contributed by atoms with Crippen LogP contribution in [0.4, 0.5) is 0 Å². The number of allylic oxidation sites excluding steroid dienone is 4. The third-order valence-electron chi connectivity index (χ3n) is 1.16. The molecular weight excluding hydrogens is 95.1 g/mol. The van der Waals surface area contributed by atoms with Crippen molar-refractivity contribution in [3.8, 4) is 0 Å². The Hall–Kier alpha value is 0.480. The molecule has 0 amide bonds. The molecule has 0 bridgehead atoms. The van der Waals surface area contributed by atoms with E-state index >= 15 is 0 Å². The molecule has 0 aliphatic heterocycles. The van der Waals surface area contributed by atoms with Crippen molar-refractivity contribution < 1.29 is 0 Å². The molecule has 1 rings (SSSR count). The predicted molar refractivity (Wildman–Crippen MR) is 32.4 cm³/mol. The Morgan fingerprint density at radius 2 is 1.71 bits per heavy atom. The molecule has 1 aliphatic rings. The fourth-order valence-corrected chi connectivity index (χ4v) is 1.05. The molecule has 0 unspecified atom stereocenters. The van der Waals surface area contributed by atoms with E-state index in [1.54, 1.807) is 0 Å². The maximum atomic E-state index is 2.25. The van der Waals surface area contributed by atoms with E-state index in [1.807, 2.05) is 0 Å². The summed E-state index contributed by atoms with van der Waals surface area (Å²) < 4.78 is 0.472. The number of hydrogen-bond acceptors (Lipinski definition) is 0. The van der Waals surface area contributed by atoms with Crippen molar-refractivity contribution >= 4 is 27.9 Å². The van der Waals surface area contributed by atoms with Crippen molar-refractivity contribution in [2.75, 3.05) is 0 Å². The van der Waals surface area contributed by atoms with Gasteiger partial charge in [0.15, 0.2) is 0 Å².